The number of carbonyl (C=O) groups excluding carboxylic acids is 1. The van der Waals surface area contributed by atoms with Gasteiger partial charge in [0.05, 0.1) is 25.1 Å². The molecular formula is C25H19BrCl2N2O2S. The minimum absolute atomic E-state index is 0.167. The lowest BCUT2D eigenvalue weighted by Gasteiger charge is -2.10. The van der Waals surface area contributed by atoms with Gasteiger partial charge in [0, 0.05) is 0 Å². The first-order valence-electron chi connectivity index (χ1n) is 10.2. The van der Waals surface area contributed by atoms with Crippen LogP contribution in [0.1, 0.15) is 23.6 Å². The monoisotopic (exact) mass is 560 g/mol. The van der Waals surface area contributed by atoms with E-state index in [0.717, 1.165) is 27.7 Å². The van der Waals surface area contributed by atoms with Gasteiger partial charge in [-0.3, -0.25) is 4.79 Å². The lowest BCUT2D eigenvalue weighted by atomic mass is 10.2. The zero-order valence-electron chi connectivity index (χ0n) is 17.6. The van der Waals surface area contributed by atoms with Gasteiger partial charge >= 0.3 is 0 Å². The predicted molar refractivity (Wildman–Crippen MR) is 142 cm³/mol. The minimum atomic E-state index is -0.167. The highest BCUT2D eigenvalue weighted by Crippen LogP contribution is 2.32. The molecular weight excluding hydrogens is 543 g/mol. The number of benzene rings is 3. The van der Waals surface area contributed by atoms with Crippen molar-refractivity contribution in [2.24, 2.45) is 4.99 Å². The Kier molecular flexibility index (Phi) is 7.81. The van der Waals surface area contributed by atoms with Crippen molar-refractivity contribution in [3.05, 3.63) is 96.8 Å². The largest absolute Gasteiger partial charge is 0.488 e. The van der Waals surface area contributed by atoms with Crippen LogP contribution in [-0.4, -0.2) is 11.1 Å². The van der Waals surface area contributed by atoms with Crippen LogP contribution in [0.3, 0.4) is 0 Å². The topological polar surface area (TPSA) is 50.7 Å². The SMILES string of the molecule is CCc1ccc(N=C2NC(=O)/C(=C/c3ccc(OCc4ccc(Cl)c(Cl)c4)c(Br)c3)S2)cc1. The molecule has 0 atom stereocenters. The summed E-state index contributed by atoms with van der Waals surface area (Å²) in [5, 5.41) is 4.39. The third-order valence-corrected chi connectivity index (χ3v) is 7.13. The van der Waals surface area contributed by atoms with Crippen molar-refractivity contribution in [2.45, 2.75) is 20.0 Å². The molecule has 0 radical (unpaired) electrons. The fourth-order valence-electron chi connectivity index (χ4n) is 3.07. The number of thioether (sulfide) groups is 1. The van der Waals surface area contributed by atoms with Crippen molar-refractivity contribution >= 4 is 73.7 Å². The second-order valence-corrected chi connectivity index (χ2v) is 9.93. The molecule has 1 amide bonds. The van der Waals surface area contributed by atoms with Crippen LogP contribution in [0.4, 0.5) is 5.69 Å². The van der Waals surface area contributed by atoms with E-state index in [9.17, 15) is 4.79 Å². The molecule has 4 nitrogen and oxygen atoms in total. The molecule has 168 valence electrons. The van der Waals surface area contributed by atoms with Gasteiger partial charge in [-0.25, -0.2) is 4.99 Å². The highest BCUT2D eigenvalue weighted by molar-refractivity contribution is 9.10. The van der Waals surface area contributed by atoms with Crippen molar-refractivity contribution in [1.82, 2.24) is 5.32 Å². The second kappa shape index (κ2) is 10.8. The Bertz CT molecular complexity index is 1260. The van der Waals surface area contributed by atoms with Crippen molar-refractivity contribution in [1.29, 1.82) is 0 Å². The molecule has 3 aromatic rings. The Morgan fingerprint density at radius 2 is 1.79 bits per heavy atom. The number of nitrogens with zero attached hydrogens (tertiary/aromatic N) is 1. The van der Waals surface area contributed by atoms with Gasteiger partial charge < -0.3 is 10.1 Å². The molecule has 3 aromatic carbocycles. The molecule has 0 aliphatic carbocycles. The number of carbonyl (C=O) groups is 1. The lowest BCUT2D eigenvalue weighted by molar-refractivity contribution is -0.115. The predicted octanol–water partition coefficient (Wildman–Crippen LogP) is 7.79. The first-order chi connectivity index (χ1) is 15.9. The molecule has 0 saturated carbocycles. The van der Waals surface area contributed by atoms with Crippen LogP contribution in [0.2, 0.25) is 10.0 Å². The average Bonchev–Trinajstić information content (AvgIpc) is 3.14. The maximum absolute atomic E-state index is 12.4. The number of nitrogens with one attached hydrogen (secondary N) is 1. The number of halogens is 3. The Balaban J connectivity index is 1.43. The number of amides is 1. The van der Waals surface area contributed by atoms with Crippen LogP contribution in [-0.2, 0) is 17.8 Å². The Morgan fingerprint density at radius 1 is 1.03 bits per heavy atom. The first-order valence-corrected chi connectivity index (χ1v) is 12.5. The van der Waals surface area contributed by atoms with Gasteiger partial charge in [0.2, 0.25) is 0 Å². The molecule has 4 rings (SSSR count). The van der Waals surface area contributed by atoms with Crippen molar-refractivity contribution in [2.75, 3.05) is 0 Å². The number of hydrogen-bond acceptors (Lipinski definition) is 4. The summed E-state index contributed by atoms with van der Waals surface area (Å²) in [6.07, 6.45) is 2.81. The third kappa shape index (κ3) is 6.21. The summed E-state index contributed by atoms with van der Waals surface area (Å²) in [6.45, 7) is 2.46. The number of rotatable bonds is 6. The Morgan fingerprint density at radius 3 is 2.48 bits per heavy atom. The lowest BCUT2D eigenvalue weighted by Crippen LogP contribution is -2.19. The molecule has 0 unspecified atom stereocenters. The van der Waals surface area contributed by atoms with Crippen LogP contribution < -0.4 is 10.1 Å². The van der Waals surface area contributed by atoms with Gasteiger partial charge in [-0.05, 0) is 93.3 Å². The molecule has 0 spiro atoms. The quantitative estimate of drug-likeness (QED) is 0.312. The van der Waals surface area contributed by atoms with E-state index in [0.29, 0.717) is 32.5 Å². The van der Waals surface area contributed by atoms with Crippen LogP contribution in [0, 0.1) is 0 Å². The standard InChI is InChI=1S/C25H19BrCl2N2O2S/c1-2-15-3-7-18(8-4-15)29-25-30-24(31)23(33-25)13-16-6-10-22(19(26)11-16)32-14-17-5-9-20(27)21(28)12-17/h3-13H,2,14H2,1H3,(H,29,30,31)/b23-13-. The second-order valence-electron chi connectivity index (χ2n) is 7.23. The zero-order chi connectivity index (χ0) is 23.4. The van der Waals surface area contributed by atoms with E-state index in [2.05, 4.69) is 33.2 Å². The number of ether oxygens (including phenoxy) is 1. The van der Waals surface area contributed by atoms with Gasteiger partial charge in [0.25, 0.3) is 5.91 Å². The maximum Gasteiger partial charge on any atom is 0.264 e. The molecule has 1 saturated heterocycles. The highest BCUT2D eigenvalue weighted by Gasteiger charge is 2.23. The summed E-state index contributed by atoms with van der Waals surface area (Å²) in [5.74, 6) is 0.518. The molecule has 0 aromatic heterocycles. The average molecular weight is 562 g/mol. The van der Waals surface area contributed by atoms with E-state index in [1.807, 2.05) is 54.6 Å². The van der Waals surface area contributed by atoms with Gasteiger partial charge in [-0.15, -0.1) is 0 Å². The van der Waals surface area contributed by atoms with Gasteiger partial charge in [-0.2, -0.15) is 0 Å². The van der Waals surface area contributed by atoms with Crippen molar-refractivity contribution in [3.63, 3.8) is 0 Å². The van der Waals surface area contributed by atoms with Gasteiger partial charge in [0.15, 0.2) is 5.17 Å². The molecule has 0 bridgehead atoms. The molecule has 1 aliphatic rings. The van der Waals surface area contributed by atoms with Crippen molar-refractivity contribution in [3.8, 4) is 5.75 Å². The van der Waals surface area contributed by atoms with E-state index < -0.39 is 0 Å². The van der Waals surface area contributed by atoms with Crippen LogP contribution >= 0.6 is 50.9 Å². The molecule has 1 aliphatic heterocycles. The summed E-state index contributed by atoms with van der Waals surface area (Å²) in [4.78, 5) is 17.5. The minimum Gasteiger partial charge on any atom is -0.488 e. The van der Waals surface area contributed by atoms with E-state index in [1.54, 1.807) is 12.1 Å². The fraction of sp³-hybridized carbons (Fsp3) is 0.120. The molecule has 33 heavy (non-hydrogen) atoms. The summed E-state index contributed by atoms with van der Waals surface area (Å²) in [6, 6.07) is 19.0. The summed E-state index contributed by atoms with van der Waals surface area (Å²) < 4.78 is 6.67. The Hall–Kier alpha value is -2.25. The van der Waals surface area contributed by atoms with Crippen LogP contribution in [0.15, 0.2) is 75.0 Å². The summed E-state index contributed by atoms with van der Waals surface area (Å²) in [5.41, 5.74) is 3.84. The maximum atomic E-state index is 12.4. The zero-order valence-corrected chi connectivity index (χ0v) is 21.5. The highest BCUT2D eigenvalue weighted by atomic mass is 79.9. The number of hydrogen-bond donors (Lipinski definition) is 1. The molecule has 1 heterocycles. The van der Waals surface area contributed by atoms with E-state index in [-0.39, 0.29) is 5.91 Å². The smallest absolute Gasteiger partial charge is 0.264 e. The van der Waals surface area contributed by atoms with E-state index in [4.69, 9.17) is 27.9 Å². The Labute approximate surface area is 215 Å². The van der Waals surface area contributed by atoms with E-state index >= 15 is 0 Å². The first kappa shape index (κ1) is 23.9. The molecule has 8 heteroatoms. The number of aliphatic imine (C=N–C) groups is 1. The fourth-order valence-corrected chi connectivity index (χ4v) is 4.74. The van der Waals surface area contributed by atoms with E-state index in [1.165, 1.54) is 17.3 Å². The van der Waals surface area contributed by atoms with Crippen LogP contribution in [0.25, 0.3) is 6.08 Å². The van der Waals surface area contributed by atoms with Gasteiger partial charge in [0.1, 0.15) is 12.4 Å². The molecule has 1 N–H and O–H groups in total. The summed E-state index contributed by atoms with van der Waals surface area (Å²) in [7, 11) is 0. The third-order valence-electron chi connectivity index (χ3n) is 4.86. The normalized spacial score (nSPS) is 15.8. The number of aryl methyl sites for hydroxylation is 1. The van der Waals surface area contributed by atoms with Crippen molar-refractivity contribution < 1.29 is 9.53 Å². The van der Waals surface area contributed by atoms with Crippen LogP contribution in [0.5, 0.6) is 5.75 Å². The molecule has 1 fully saturated rings. The van der Waals surface area contributed by atoms with Gasteiger partial charge in [-0.1, -0.05) is 54.4 Å². The summed E-state index contributed by atoms with van der Waals surface area (Å²) >= 11 is 16.9. The number of amidine groups is 1.